The summed E-state index contributed by atoms with van der Waals surface area (Å²) in [5.74, 6) is 1.19. The fourth-order valence-corrected chi connectivity index (χ4v) is 3.95. The molecule has 0 unspecified atom stereocenters. The van der Waals surface area contributed by atoms with Gasteiger partial charge in [-0.05, 0) is 25.7 Å². The molecular weight excluding hydrogens is 308 g/mol. The quantitative estimate of drug-likeness (QED) is 0.816. The van der Waals surface area contributed by atoms with E-state index in [4.69, 9.17) is 4.74 Å². The molecule has 1 aliphatic carbocycles. The van der Waals surface area contributed by atoms with Gasteiger partial charge in [-0.25, -0.2) is 4.98 Å². The summed E-state index contributed by atoms with van der Waals surface area (Å²) in [5, 5.41) is 8.00. The monoisotopic (exact) mass is 332 g/mol. The number of nitrogens with zero attached hydrogens (tertiary/aromatic N) is 4. The zero-order valence-corrected chi connectivity index (χ0v) is 14.7. The lowest BCUT2D eigenvalue weighted by Gasteiger charge is -2.31. The van der Waals surface area contributed by atoms with Crippen molar-refractivity contribution >= 4 is 11.3 Å². The van der Waals surface area contributed by atoms with E-state index in [0.29, 0.717) is 5.92 Å². The van der Waals surface area contributed by atoms with Crippen LogP contribution in [0.2, 0.25) is 0 Å². The molecule has 1 saturated carbocycles. The van der Waals surface area contributed by atoms with Crippen LogP contribution in [0.15, 0.2) is 11.6 Å². The standard InChI is InChI=1S/C17H24N4OS/c1-12-18-16(11-23-12)8-21-6-14-5-20(2)19-17(14)15(7-21)10-22-9-13-3-4-13/h5,11,13,15H,3-4,6-10H2,1-2H3/t15-/m1/s1. The van der Waals surface area contributed by atoms with Crippen molar-refractivity contribution in [1.82, 2.24) is 19.7 Å². The van der Waals surface area contributed by atoms with Gasteiger partial charge in [-0.15, -0.1) is 11.3 Å². The van der Waals surface area contributed by atoms with Crippen molar-refractivity contribution in [3.63, 3.8) is 0 Å². The van der Waals surface area contributed by atoms with E-state index in [1.165, 1.54) is 29.8 Å². The maximum absolute atomic E-state index is 5.98. The number of thiazole rings is 1. The zero-order valence-electron chi connectivity index (χ0n) is 13.9. The van der Waals surface area contributed by atoms with E-state index in [0.717, 1.165) is 43.8 Å². The van der Waals surface area contributed by atoms with Crippen molar-refractivity contribution < 1.29 is 4.74 Å². The smallest absolute Gasteiger partial charge is 0.0897 e. The van der Waals surface area contributed by atoms with Gasteiger partial charge in [0.15, 0.2) is 0 Å². The first-order valence-corrected chi connectivity index (χ1v) is 9.29. The average Bonchev–Trinajstić information content (AvgIpc) is 3.12. The van der Waals surface area contributed by atoms with E-state index in [2.05, 4.69) is 33.5 Å². The van der Waals surface area contributed by atoms with E-state index < -0.39 is 0 Å². The fourth-order valence-electron chi connectivity index (χ4n) is 3.35. The normalized spacial score (nSPS) is 21.6. The van der Waals surface area contributed by atoms with Gasteiger partial charge < -0.3 is 4.74 Å². The molecular formula is C17H24N4OS. The fraction of sp³-hybridized carbons (Fsp3) is 0.647. The molecule has 0 N–H and O–H groups in total. The second kappa shape index (κ2) is 6.34. The van der Waals surface area contributed by atoms with Crippen LogP contribution in [0.25, 0.3) is 0 Å². The Morgan fingerprint density at radius 3 is 2.96 bits per heavy atom. The summed E-state index contributed by atoms with van der Waals surface area (Å²) >= 11 is 1.73. The van der Waals surface area contributed by atoms with E-state index in [1.54, 1.807) is 11.3 Å². The largest absolute Gasteiger partial charge is 0.380 e. The van der Waals surface area contributed by atoms with Crippen molar-refractivity contribution in [3.05, 3.63) is 33.5 Å². The molecule has 1 atom stereocenters. The minimum atomic E-state index is 0.374. The van der Waals surface area contributed by atoms with Crippen LogP contribution in [0.1, 0.15) is 40.7 Å². The Morgan fingerprint density at radius 2 is 2.22 bits per heavy atom. The van der Waals surface area contributed by atoms with Crippen LogP contribution in [0.5, 0.6) is 0 Å². The number of hydrogen-bond donors (Lipinski definition) is 0. The van der Waals surface area contributed by atoms with Crippen LogP contribution in [-0.4, -0.2) is 39.4 Å². The highest BCUT2D eigenvalue weighted by molar-refractivity contribution is 7.09. The molecule has 1 aliphatic heterocycles. The Bertz CT molecular complexity index is 676. The first-order chi connectivity index (χ1) is 11.2. The topological polar surface area (TPSA) is 43.2 Å². The molecule has 2 aromatic rings. The predicted molar refractivity (Wildman–Crippen MR) is 90.5 cm³/mol. The number of hydrogen-bond acceptors (Lipinski definition) is 5. The third-order valence-corrected chi connectivity index (χ3v) is 5.44. The summed E-state index contributed by atoms with van der Waals surface area (Å²) in [6.45, 7) is 6.65. The second-order valence-corrected chi connectivity index (χ2v) is 7.98. The molecule has 6 heteroatoms. The van der Waals surface area contributed by atoms with Crippen molar-refractivity contribution in [3.8, 4) is 0 Å². The molecule has 0 spiro atoms. The van der Waals surface area contributed by atoms with Gasteiger partial charge in [0.05, 0.1) is 23.0 Å². The summed E-state index contributed by atoms with van der Waals surface area (Å²) in [6.07, 6.45) is 4.84. The summed E-state index contributed by atoms with van der Waals surface area (Å²) in [6, 6.07) is 0. The highest BCUT2D eigenvalue weighted by Crippen LogP contribution is 2.31. The molecule has 0 bridgehead atoms. The second-order valence-electron chi connectivity index (χ2n) is 6.92. The number of rotatable bonds is 6. The minimum Gasteiger partial charge on any atom is -0.380 e. The lowest BCUT2D eigenvalue weighted by Crippen LogP contribution is -2.35. The van der Waals surface area contributed by atoms with E-state index >= 15 is 0 Å². The van der Waals surface area contributed by atoms with Crippen molar-refractivity contribution in [2.24, 2.45) is 13.0 Å². The van der Waals surface area contributed by atoms with E-state index in [-0.39, 0.29) is 0 Å². The maximum Gasteiger partial charge on any atom is 0.0897 e. The summed E-state index contributed by atoms with van der Waals surface area (Å²) in [4.78, 5) is 7.09. The van der Waals surface area contributed by atoms with Crippen molar-refractivity contribution in [2.45, 2.75) is 38.8 Å². The van der Waals surface area contributed by atoms with Crippen LogP contribution >= 0.6 is 11.3 Å². The molecule has 0 amide bonds. The molecule has 1 fully saturated rings. The average molecular weight is 332 g/mol. The van der Waals surface area contributed by atoms with Crippen LogP contribution in [0.3, 0.4) is 0 Å². The van der Waals surface area contributed by atoms with Gasteiger partial charge in [-0.3, -0.25) is 9.58 Å². The van der Waals surface area contributed by atoms with E-state index in [1.807, 2.05) is 11.7 Å². The predicted octanol–water partition coefficient (Wildman–Crippen LogP) is 2.71. The zero-order chi connectivity index (χ0) is 15.8. The Balaban J connectivity index is 1.45. The Labute approximate surface area is 141 Å². The summed E-state index contributed by atoms with van der Waals surface area (Å²) in [7, 11) is 2.01. The van der Waals surface area contributed by atoms with Crippen molar-refractivity contribution in [2.75, 3.05) is 19.8 Å². The third kappa shape index (κ3) is 3.65. The molecule has 124 valence electrons. The first-order valence-electron chi connectivity index (χ1n) is 8.41. The molecule has 3 heterocycles. The van der Waals surface area contributed by atoms with Gasteiger partial charge in [0.2, 0.25) is 0 Å². The van der Waals surface area contributed by atoms with Gasteiger partial charge in [-0.1, -0.05) is 0 Å². The van der Waals surface area contributed by atoms with E-state index in [9.17, 15) is 0 Å². The Kier molecular flexibility index (Phi) is 4.22. The molecule has 0 aromatic carbocycles. The minimum absolute atomic E-state index is 0.374. The van der Waals surface area contributed by atoms with Crippen LogP contribution in [0, 0.1) is 12.8 Å². The number of aromatic nitrogens is 3. The Hall–Kier alpha value is -1.24. The van der Waals surface area contributed by atoms with Gasteiger partial charge in [-0.2, -0.15) is 5.10 Å². The third-order valence-electron chi connectivity index (χ3n) is 4.62. The molecule has 2 aromatic heterocycles. The molecule has 23 heavy (non-hydrogen) atoms. The molecule has 2 aliphatic rings. The van der Waals surface area contributed by atoms with Crippen LogP contribution in [0.4, 0.5) is 0 Å². The highest BCUT2D eigenvalue weighted by Gasteiger charge is 2.29. The SMILES string of the molecule is Cc1nc(CN2Cc3cn(C)nc3[C@@H](COCC3CC3)C2)cs1. The van der Waals surface area contributed by atoms with Gasteiger partial charge in [0.25, 0.3) is 0 Å². The molecule has 5 nitrogen and oxygen atoms in total. The van der Waals surface area contributed by atoms with Crippen LogP contribution < -0.4 is 0 Å². The van der Waals surface area contributed by atoms with Gasteiger partial charge >= 0.3 is 0 Å². The molecule has 0 saturated heterocycles. The first kappa shape index (κ1) is 15.3. The van der Waals surface area contributed by atoms with Gasteiger partial charge in [0.1, 0.15) is 0 Å². The van der Waals surface area contributed by atoms with Crippen LogP contribution in [-0.2, 0) is 24.9 Å². The lowest BCUT2D eigenvalue weighted by atomic mass is 9.97. The van der Waals surface area contributed by atoms with Gasteiger partial charge in [0, 0.05) is 56.3 Å². The van der Waals surface area contributed by atoms with Crippen molar-refractivity contribution in [1.29, 1.82) is 0 Å². The molecule has 4 rings (SSSR count). The maximum atomic E-state index is 5.98. The number of aryl methyl sites for hydroxylation is 2. The highest BCUT2D eigenvalue weighted by atomic mass is 32.1. The lowest BCUT2D eigenvalue weighted by molar-refractivity contribution is 0.0879. The number of ether oxygens (including phenoxy) is 1. The number of fused-ring (bicyclic) bond motifs is 1. The summed E-state index contributed by atoms with van der Waals surface area (Å²) < 4.78 is 7.92. The summed E-state index contributed by atoms with van der Waals surface area (Å²) in [5.41, 5.74) is 3.75. The molecule has 0 radical (unpaired) electrons. The Morgan fingerprint density at radius 1 is 1.35 bits per heavy atom.